The standard InChI is InChI=1S/C32H37F3N2O3/c1-20(2)40-28(38)18-25-21(3)36-19-26(31(25)37-15-13-32(4,5)14-16-37)24-10-11-27(30(35)29(24)34)39-17-12-22-6-8-23(33)9-7-22/h6-11,19-20H,12-18H2,1-5H3. The zero-order chi connectivity index (χ0) is 29.0. The number of nitrogens with zero attached hydrogens (tertiary/aromatic N) is 2. The lowest BCUT2D eigenvalue weighted by Crippen LogP contribution is -2.38. The number of rotatable bonds is 9. The molecule has 5 nitrogen and oxygen atoms in total. The van der Waals surface area contributed by atoms with Crippen molar-refractivity contribution in [3.63, 3.8) is 0 Å². The lowest BCUT2D eigenvalue weighted by atomic mass is 9.82. The molecule has 3 aromatic rings. The molecule has 0 bridgehead atoms. The van der Waals surface area contributed by atoms with Crippen LogP contribution in [0.3, 0.4) is 0 Å². The van der Waals surface area contributed by atoms with E-state index in [9.17, 15) is 9.18 Å². The number of esters is 1. The van der Waals surface area contributed by atoms with E-state index >= 15 is 8.78 Å². The van der Waals surface area contributed by atoms with E-state index in [2.05, 4.69) is 23.7 Å². The summed E-state index contributed by atoms with van der Waals surface area (Å²) in [4.78, 5) is 19.3. The van der Waals surface area contributed by atoms with Crippen molar-refractivity contribution in [3.05, 3.63) is 76.9 Å². The summed E-state index contributed by atoms with van der Waals surface area (Å²) in [5.41, 5.74) is 3.45. The Morgan fingerprint density at radius 1 is 1.00 bits per heavy atom. The molecule has 8 heteroatoms. The van der Waals surface area contributed by atoms with Gasteiger partial charge in [-0.05, 0) is 68.9 Å². The fraction of sp³-hybridized carbons (Fsp3) is 0.438. The smallest absolute Gasteiger partial charge is 0.310 e. The summed E-state index contributed by atoms with van der Waals surface area (Å²) in [5, 5.41) is 0. The highest BCUT2D eigenvalue weighted by Gasteiger charge is 2.31. The number of benzene rings is 2. The quantitative estimate of drug-likeness (QED) is 0.262. The van der Waals surface area contributed by atoms with Crippen LogP contribution >= 0.6 is 0 Å². The first kappa shape index (κ1) is 29.4. The van der Waals surface area contributed by atoms with Crippen molar-refractivity contribution in [2.24, 2.45) is 5.41 Å². The molecule has 0 unspecified atom stereocenters. The zero-order valence-electron chi connectivity index (χ0n) is 23.8. The van der Waals surface area contributed by atoms with Crippen LogP contribution in [0.4, 0.5) is 18.9 Å². The molecule has 1 aromatic heterocycles. The molecule has 0 aliphatic carbocycles. The Bertz CT molecular complexity index is 1350. The molecule has 0 spiro atoms. The molecule has 1 aliphatic heterocycles. The summed E-state index contributed by atoms with van der Waals surface area (Å²) >= 11 is 0. The van der Waals surface area contributed by atoms with E-state index in [-0.39, 0.29) is 41.7 Å². The first-order valence-corrected chi connectivity index (χ1v) is 13.7. The van der Waals surface area contributed by atoms with Gasteiger partial charge in [-0.3, -0.25) is 9.78 Å². The lowest BCUT2D eigenvalue weighted by Gasteiger charge is -2.40. The van der Waals surface area contributed by atoms with E-state index < -0.39 is 17.6 Å². The summed E-state index contributed by atoms with van der Waals surface area (Å²) in [6.45, 7) is 11.3. The minimum atomic E-state index is -1.09. The van der Waals surface area contributed by atoms with Gasteiger partial charge in [0.25, 0.3) is 0 Å². The maximum absolute atomic E-state index is 15.6. The van der Waals surface area contributed by atoms with Gasteiger partial charge in [0.1, 0.15) is 5.82 Å². The maximum atomic E-state index is 15.6. The first-order valence-electron chi connectivity index (χ1n) is 13.7. The number of carbonyl (C=O) groups excluding carboxylic acids is 1. The molecule has 0 amide bonds. The van der Waals surface area contributed by atoms with Crippen molar-refractivity contribution in [2.45, 2.75) is 66.4 Å². The van der Waals surface area contributed by atoms with Gasteiger partial charge in [0.15, 0.2) is 11.6 Å². The van der Waals surface area contributed by atoms with Crippen LogP contribution < -0.4 is 9.64 Å². The molecule has 0 atom stereocenters. The summed E-state index contributed by atoms with van der Waals surface area (Å²) in [5.74, 6) is -3.08. The molecule has 2 aromatic carbocycles. The minimum Gasteiger partial charge on any atom is -0.490 e. The molecule has 1 fully saturated rings. The van der Waals surface area contributed by atoms with Gasteiger partial charge >= 0.3 is 5.97 Å². The number of pyridine rings is 1. The number of aryl methyl sites for hydroxylation is 1. The monoisotopic (exact) mass is 554 g/mol. The first-order chi connectivity index (χ1) is 18.9. The average Bonchev–Trinajstić information content (AvgIpc) is 2.89. The molecular weight excluding hydrogens is 517 g/mol. The van der Waals surface area contributed by atoms with Crippen molar-refractivity contribution in [1.82, 2.24) is 4.98 Å². The summed E-state index contributed by atoms with van der Waals surface area (Å²) in [6.07, 6.45) is 3.51. The van der Waals surface area contributed by atoms with Crippen LogP contribution in [0.5, 0.6) is 5.75 Å². The highest BCUT2D eigenvalue weighted by atomic mass is 19.2. The van der Waals surface area contributed by atoms with Gasteiger partial charge in [-0.2, -0.15) is 4.39 Å². The predicted octanol–water partition coefficient (Wildman–Crippen LogP) is 7.22. The van der Waals surface area contributed by atoms with E-state index in [0.717, 1.165) is 18.4 Å². The van der Waals surface area contributed by atoms with Gasteiger partial charge < -0.3 is 14.4 Å². The van der Waals surface area contributed by atoms with Crippen molar-refractivity contribution in [3.8, 4) is 16.9 Å². The molecule has 40 heavy (non-hydrogen) atoms. The maximum Gasteiger partial charge on any atom is 0.310 e. The summed E-state index contributed by atoms with van der Waals surface area (Å²) in [7, 11) is 0. The minimum absolute atomic E-state index is 0.0191. The molecule has 0 N–H and O–H groups in total. The second-order valence-corrected chi connectivity index (χ2v) is 11.4. The molecule has 1 saturated heterocycles. The van der Waals surface area contributed by atoms with Gasteiger partial charge in [-0.15, -0.1) is 0 Å². The molecule has 2 heterocycles. The Morgan fingerprint density at radius 3 is 2.33 bits per heavy atom. The Kier molecular flexibility index (Phi) is 9.06. The fourth-order valence-electron chi connectivity index (χ4n) is 4.97. The number of aromatic nitrogens is 1. The Balaban J connectivity index is 1.67. The molecule has 4 rings (SSSR count). The van der Waals surface area contributed by atoms with E-state index in [1.54, 1.807) is 32.2 Å². The predicted molar refractivity (Wildman–Crippen MR) is 150 cm³/mol. The van der Waals surface area contributed by atoms with Gasteiger partial charge in [0, 0.05) is 48.1 Å². The van der Waals surface area contributed by atoms with Crippen LogP contribution in [0.15, 0.2) is 42.6 Å². The van der Waals surface area contributed by atoms with Crippen molar-refractivity contribution < 1.29 is 27.4 Å². The third-order valence-electron chi connectivity index (χ3n) is 7.39. The van der Waals surface area contributed by atoms with Crippen LogP contribution in [0.25, 0.3) is 11.1 Å². The summed E-state index contributed by atoms with van der Waals surface area (Å²) < 4.78 is 55.0. The SMILES string of the molecule is Cc1ncc(-c2ccc(OCCc3ccc(F)cc3)c(F)c2F)c(N2CCC(C)(C)CC2)c1CC(=O)OC(C)C. The van der Waals surface area contributed by atoms with Crippen LogP contribution in [-0.2, 0) is 22.4 Å². The molecule has 214 valence electrons. The highest BCUT2D eigenvalue weighted by molar-refractivity contribution is 5.85. The van der Waals surface area contributed by atoms with E-state index in [4.69, 9.17) is 9.47 Å². The van der Waals surface area contributed by atoms with Gasteiger partial charge in [-0.25, -0.2) is 8.78 Å². The zero-order valence-corrected chi connectivity index (χ0v) is 23.8. The average molecular weight is 555 g/mol. The van der Waals surface area contributed by atoms with Crippen LogP contribution in [0, 0.1) is 29.8 Å². The number of halogens is 3. The van der Waals surface area contributed by atoms with Crippen LogP contribution in [-0.4, -0.2) is 36.8 Å². The molecular formula is C32H37F3N2O3. The Labute approximate surface area is 234 Å². The fourth-order valence-corrected chi connectivity index (χ4v) is 4.97. The van der Waals surface area contributed by atoms with E-state index in [1.807, 2.05) is 6.92 Å². The molecule has 1 aliphatic rings. The van der Waals surface area contributed by atoms with Crippen molar-refractivity contribution in [1.29, 1.82) is 0 Å². The molecule has 0 saturated carbocycles. The summed E-state index contributed by atoms with van der Waals surface area (Å²) in [6, 6.07) is 8.84. The van der Waals surface area contributed by atoms with Crippen molar-refractivity contribution >= 4 is 11.7 Å². The third kappa shape index (κ3) is 6.95. The van der Waals surface area contributed by atoms with Gasteiger partial charge in [-0.1, -0.05) is 26.0 Å². The van der Waals surface area contributed by atoms with Gasteiger partial charge in [0.05, 0.1) is 24.8 Å². The highest BCUT2D eigenvalue weighted by Crippen LogP contribution is 2.41. The Hall–Kier alpha value is -3.55. The number of piperidine rings is 1. The van der Waals surface area contributed by atoms with Crippen molar-refractivity contribution in [2.75, 3.05) is 24.6 Å². The van der Waals surface area contributed by atoms with Crippen LogP contribution in [0.1, 0.15) is 57.4 Å². The topological polar surface area (TPSA) is 51.7 Å². The van der Waals surface area contributed by atoms with E-state index in [1.165, 1.54) is 24.3 Å². The second kappa shape index (κ2) is 12.3. The normalized spacial score (nSPS) is 14.9. The number of hydrogen-bond acceptors (Lipinski definition) is 5. The number of ether oxygens (including phenoxy) is 2. The second-order valence-electron chi connectivity index (χ2n) is 11.4. The Morgan fingerprint density at radius 2 is 1.68 bits per heavy atom. The van der Waals surface area contributed by atoms with Crippen LogP contribution in [0.2, 0.25) is 0 Å². The molecule has 0 radical (unpaired) electrons. The number of anilines is 1. The van der Waals surface area contributed by atoms with E-state index in [0.29, 0.717) is 42.0 Å². The largest absolute Gasteiger partial charge is 0.490 e. The number of hydrogen-bond donors (Lipinski definition) is 0. The lowest BCUT2D eigenvalue weighted by molar-refractivity contribution is -0.146. The van der Waals surface area contributed by atoms with Gasteiger partial charge in [0.2, 0.25) is 5.82 Å². The number of carbonyl (C=O) groups is 1. The third-order valence-corrected chi connectivity index (χ3v) is 7.39.